The van der Waals surface area contributed by atoms with Crippen LogP contribution in [0, 0.1) is 50.2 Å². The predicted octanol–water partition coefficient (Wildman–Crippen LogP) is 2.25. The number of rotatable bonds is 7. The van der Waals surface area contributed by atoms with Gasteiger partial charge < -0.3 is 59.8 Å². The molecule has 16 nitrogen and oxygen atoms in total. The van der Waals surface area contributed by atoms with Gasteiger partial charge in [-0.15, -0.1) is 0 Å². The first-order chi connectivity index (χ1) is 26.8. The zero-order chi connectivity index (χ0) is 42.9. The van der Waals surface area contributed by atoms with Gasteiger partial charge in [0.1, 0.15) is 36.6 Å². The Morgan fingerprint density at radius 1 is 0.690 bits per heavy atom. The fourth-order valence-electron chi connectivity index (χ4n) is 13.4. The Labute approximate surface area is 337 Å². The average Bonchev–Trinajstić information content (AvgIpc) is 3.13. The number of allylic oxidation sites excluding steroid dienone is 2. The van der Waals surface area contributed by atoms with Crippen LogP contribution in [0.5, 0.6) is 0 Å². The van der Waals surface area contributed by atoms with E-state index in [4.69, 9.17) is 18.9 Å². The molecule has 7 rings (SSSR count). The normalized spacial score (nSPS) is 52.6. The number of aliphatic carboxylic acids is 3. The van der Waals surface area contributed by atoms with Gasteiger partial charge in [0.15, 0.2) is 30.6 Å². The number of fused-ring (bicyclic) bond motifs is 7. The van der Waals surface area contributed by atoms with Crippen LogP contribution in [0.15, 0.2) is 11.6 Å². The van der Waals surface area contributed by atoms with Crippen molar-refractivity contribution in [3.8, 4) is 0 Å². The summed E-state index contributed by atoms with van der Waals surface area (Å²) in [5.74, 6) is -4.47. The van der Waals surface area contributed by atoms with E-state index in [-0.39, 0.29) is 34.4 Å². The lowest BCUT2D eigenvalue weighted by atomic mass is 9.33. The summed E-state index contributed by atoms with van der Waals surface area (Å²) in [6.45, 7) is 14.8. The second kappa shape index (κ2) is 14.3. The van der Waals surface area contributed by atoms with Crippen LogP contribution >= 0.6 is 0 Å². The maximum absolute atomic E-state index is 14.8. The van der Waals surface area contributed by atoms with E-state index in [9.17, 15) is 60.0 Å². The van der Waals surface area contributed by atoms with Crippen LogP contribution in [0.4, 0.5) is 0 Å². The first-order valence-corrected chi connectivity index (χ1v) is 20.7. The molecule has 2 aliphatic heterocycles. The van der Waals surface area contributed by atoms with E-state index in [0.29, 0.717) is 25.7 Å². The van der Waals surface area contributed by atoms with Gasteiger partial charge >= 0.3 is 17.9 Å². The molecule has 0 amide bonds. The molecule has 0 aromatic heterocycles. The largest absolute Gasteiger partial charge is 0.481 e. The Kier molecular flexibility index (Phi) is 10.7. The molecule has 5 aliphatic carbocycles. The van der Waals surface area contributed by atoms with E-state index >= 15 is 0 Å². The number of hydrogen-bond acceptors (Lipinski definition) is 13. The predicted molar refractivity (Wildman–Crippen MR) is 199 cm³/mol. The molecular formula is C42H62O16. The number of aliphatic hydroxyl groups is 5. The number of carbonyl (C=O) groups is 4. The third-order valence-electron chi connectivity index (χ3n) is 17.2. The van der Waals surface area contributed by atoms with E-state index in [1.54, 1.807) is 0 Å². The molecule has 0 spiro atoms. The number of ether oxygens (including phenoxy) is 4. The molecule has 0 bridgehead atoms. The summed E-state index contributed by atoms with van der Waals surface area (Å²) in [5, 5.41) is 83.0. The Morgan fingerprint density at radius 3 is 1.88 bits per heavy atom. The van der Waals surface area contributed by atoms with Crippen molar-refractivity contribution in [3.63, 3.8) is 0 Å². The maximum Gasteiger partial charge on any atom is 0.335 e. The number of carboxylic acid groups (broad SMARTS) is 3. The first-order valence-electron chi connectivity index (χ1n) is 20.7. The van der Waals surface area contributed by atoms with Crippen LogP contribution in [-0.4, -0.2) is 132 Å². The number of aliphatic hydroxyl groups excluding tert-OH is 5. The van der Waals surface area contributed by atoms with Gasteiger partial charge in [-0.3, -0.25) is 9.59 Å². The van der Waals surface area contributed by atoms with Gasteiger partial charge in [-0.25, -0.2) is 9.59 Å². The summed E-state index contributed by atoms with van der Waals surface area (Å²) in [7, 11) is 0. The lowest BCUT2D eigenvalue weighted by Crippen LogP contribution is -2.68. The second-order valence-electron chi connectivity index (χ2n) is 20.6. The fraction of sp³-hybridized carbons (Fsp3) is 0.857. The SMILES string of the molecule is CC1(C)[C@@H](O[C@@H]2O[C@H](C(=O)O)[C@H](O)[C@H](O)[C@@H]2O[C@H]2O[C@H](C(=O)O)[C@H](O)[C@H](O)[C@@H]2O)CC[C@]2(C)[C@H]3C(=O)C=C4[C@H]5C[C@](C)(C(=O)O)CC[C@]5(C)CC[C@]4(C)[C@]3(C)CC[C@@H]12. The van der Waals surface area contributed by atoms with Crippen LogP contribution in [0.3, 0.4) is 0 Å². The summed E-state index contributed by atoms with van der Waals surface area (Å²) in [5.41, 5.74) is -1.81. The van der Waals surface area contributed by atoms with Crippen LogP contribution in [0.2, 0.25) is 0 Å². The van der Waals surface area contributed by atoms with Crippen LogP contribution < -0.4 is 0 Å². The Balaban J connectivity index is 1.17. The molecule has 58 heavy (non-hydrogen) atoms. The summed E-state index contributed by atoms with van der Waals surface area (Å²) < 4.78 is 23.4. The van der Waals surface area contributed by atoms with Crippen molar-refractivity contribution >= 4 is 23.7 Å². The molecule has 19 atom stereocenters. The van der Waals surface area contributed by atoms with Crippen molar-refractivity contribution in [2.24, 2.45) is 50.2 Å². The average molecular weight is 823 g/mol. The summed E-state index contributed by atoms with van der Waals surface area (Å²) >= 11 is 0. The Hall–Kier alpha value is -2.54. The van der Waals surface area contributed by atoms with Crippen LogP contribution in [-0.2, 0) is 38.1 Å². The first kappa shape index (κ1) is 43.5. The van der Waals surface area contributed by atoms with Crippen molar-refractivity contribution in [2.75, 3.05) is 0 Å². The highest BCUT2D eigenvalue weighted by atomic mass is 16.8. The van der Waals surface area contributed by atoms with Gasteiger partial charge in [-0.1, -0.05) is 47.1 Å². The summed E-state index contributed by atoms with van der Waals surface area (Å²) in [4.78, 5) is 51.3. The molecule has 7 aliphatic rings. The molecule has 6 fully saturated rings. The van der Waals surface area contributed by atoms with Gasteiger partial charge in [-0.05, 0) is 110 Å². The quantitative estimate of drug-likeness (QED) is 0.171. The molecular weight excluding hydrogens is 760 g/mol. The summed E-state index contributed by atoms with van der Waals surface area (Å²) in [6, 6.07) is 0. The van der Waals surface area contributed by atoms with E-state index in [1.165, 1.54) is 0 Å². The van der Waals surface area contributed by atoms with Gasteiger partial charge in [0, 0.05) is 5.92 Å². The van der Waals surface area contributed by atoms with E-state index in [1.807, 2.05) is 26.8 Å². The van der Waals surface area contributed by atoms with Crippen molar-refractivity contribution in [2.45, 2.75) is 174 Å². The van der Waals surface area contributed by atoms with Crippen LogP contribution in [0.1, 0.15) is 106 Å². The monoisotopic (exact) mass is 822 g/mol. The maximum atomic E-state index is 14.8. The number of ketones is 1. The zero-order valence-corrected chi connectivity index (χ0v) is 34.4. The molecule has 2 saturated heterocycles. The molecule has 0 radical (unpaired) electrons. The van der Waals surface area contributed by atoms with Gasteiger partial charge in [-0.2, -0.15) is 0 Å². The third kappa shape index (κ3) is 6.25. The minimum Gasteiger partial charge on any atom is -0.481 e. The van der Waals surface area contributed by atoms with Gasteiger partial charge in [0.2, 0.25) is 0 Å². The summed E-state index contributed by atoms with van der Waals surface area (Å²) in [6.07, 6.45) is -12.2. The Morgan fingerprint density at radius 2 is 1.28 bits per heavy atom. The van der Waals surface area contributed by atoms with Crippen molar-refractivity contribution in [1.29, 1.82) is 0 Å². The zero-order valence-electron chi connectivity index (χ0n) is 34.4. The fourth-order valence-corrected chi connectivity index (χ4v) is 13.4. The van der Waals surface area contributed by atoms with E-state index < -0.39 is 107 Å². The molecule has 326 valence electrons. The number of carboxylic acids is 3. The second-order valence-corrected chi connectivity index (χ2v) is 20.6. The van der Waals surface area contributed by atoms with Crippen molar-refractivity contribution < 1.29 is 79.0 Å². The minimum atomic E-state index is -2.05. The Bertz CT molecular complexity index is 1730. The van der Waals surface area contributed by atoms with Crippen molar-refractivity contribution in [1.82, 2.24) is 0 Å². The minimum absolute atomic E-state index is 0.0217. The van der Waals surface area contributed by atoms with Crippen LogP contribution in [0.25, 0.3) is 0 Å². The lowest BCUT2D eigenvalue weighted by molar-refractivity contribution is -0.371. The molecule has 2 heterocycles. The molecule has 16 heteroatoms. The third-order valence-corrected chi connectivity index (χ3v) is 17.2. The standard InChI is InChI=1S/C42H62O16/c1-37(2)21-8-11-42(7)31(20(43)16-18-19-17-39(4,36(53)54)13-12-38(19,3)14-15-41(18,42)6)40(21,5)10-9-22(37)55-35-30(26(47)25(46)29(57-35)33(51)52)58-34-27(48)23(44)24(45)28(56-34)32(49)50/h16,19,21-31,34-35,44-48H,8-15,17H2,1-7H3,(H,49,50)(H,51,52)(H,53,54)/t19-,21+,22+,23+,24-,25-,26+,27+,28+,29+,30+,31-,34-,35-,38-,39-,40+,41+,42-/m1/s1. The molecule has 8 N–H and O–H groups in total. The molecule has 0 unspecified atom stereocenters. The highest BCUT2D eigenvalue weighted by Crippen LogP contribution is 2.75. The smallest absolute Gasteiger partial charge is 0.335 e. The topological polar surface area (TPSA) is 267 Å². The van der Waals surface area contributed by atoms with Gasteiger partial charge in [0.05, 0.1) is 11.5 Å². The highest BCUT2D eigenvalue weighted by Gasteiger charge is 2.71. The van der Waals surface area contributed by atoms with E-state index in [0.717, 1.165) is 37.7 Å². The molecule has 4 saturated carbocycles. The molecule has 0 aromatic carbocycles. The molecule has 0 aromatic rings. The number of hydrogen-bond donors (Lipinski definition) is 8. The highest BCUT2D eigenvalue weighted by molar-refractivity contribution is 5.95. The lowest BCUT2D eigenvalue weighted by Gasteiger charge is -2.70. The van der Waals surface area contributed by atoms with Crippen molar-refractivity contribution in [3.05, 3.63) is 11.6 Å². The van der Waals surface area contributed by atoms with E-state index in [2.05, 4.69) is 27.7 Å². The van der Waals surface area contributed by atoms with Gasteiger partial charge in [0.25, 0.3) is 0 Å². The number of carbonyl (C=O) groups excluding carboxylic acids is 1.